The summed E-state index contributed by atoms with van der Waals surface area (Å²) in [5, 5.41) is 13.2. The fraction of sp³-hybridized carbons (Fsp3) is 0.400. The number of amides is 2. The van der Waals surface area contributed by atoms with Gasteiger partial charge in [-0.2, -0.15) is 13.2 Å². The molecule has 186 valence electrons. The van der Waals surface area contributed by atoms with Crippen LogP contribution < -0.4 is 10.6 Å². The van der Waals surface area contributed by atoms with Crippen LogP contribution in [0.25, 0.3) is 11.1 Å². The molecule has 3 N–H and O–H groups in total. The summed E-state index contributed by atoms with van der Waals surface area (Å²) in [6.07, 6.45) is -5.10. The molecule has 0 radical (unpaired) electrons. The Kier molecular flexibility index (Phi) is 6.25. The lowest BCUT2D eigenvalue weighted by atomic mass is 9.93. The standard InChI is InChI=1S/C25H25F3N2O5/c1-23(21(32)33,25(26,27)28)29-20(31)24(12-6-7-13-24)30-22(34)35-14-19-17-10-4-2-8-15(17)16-9-3-5-11-18(16)19/h2-5,8-11,19H,6-7,12-14H2,1H3,(H,29,31)(H,30,34)(H,32,33). The number of ether oxygens (including phenoxy) is 1. The fourth-order valence-corrected chi connectivity index (χ4v) is 4.81. The number of nitrogens with one attached hydrogen (secondary N) is 2. The average Bonchev–Trinajstić information content (AvgIpc) is 3.40. The van der Waals surface area contributed by atoms with Gasteiger partial charge in [-0.3, -0.25) is 4.79 Å². The highest BCUT2D eigenvalue weighted by Crippen LogP contribution is 2.44. The number of alkyl carbamates (subject to hydrolysis) is 1. The summed E-state index contributed by atoms with van der Waals surface area (Å²) in [4.78, 5) is 37.0. The van der Waals surface area contributed by atoms with Crippen molar-refractivity contribution >= 4 is 18.0 Å². The summed E-state index contributed by atoms with van der Waals surface area (Å²) in [6, 6.07) is 15.4. The first kappa shape index (κ1) is 24.6. The van der Waals surface area contributed by atoms with Gasteiger partial charge in [0.1, 0.15) is 12.1 Å². The monoisotopic (exact) mass is 490 g/mol. The second-order valence-electron chi connectivity index (χ2n) is 9.12. The first-order valence-electron chi connectivity index (χ1n) is 11.2. The van der Waals surface area contributed by atoms with E-state index in [2.05, 4.69) is 5.32 Å². The van der Waals surface area contributed by atoms with Gasteiger partial charge in [0.2, 0.25) is 11.4 Å². The van der Waals surface area contributed by atoms with E-state index in [1.165, 1.54) is 0 Å². The van der Waals surface area contributed by atoms with Crippen molar-refractivity contribution in [2.45, 2.75) is 55.8 Å². The summed E-state index contributed by atoms with van der Waals surface area (Å²) in [5.41, 5.74) is -1.16. The van der Waals surface area contributed by atoms with E-state index in [1.807, 2.05) is 48.5 Å². The molecule has 35 heavy (non-hydrogen) atoms. The number of carboxylic acid groups (broad SMARTS) is 1. The summed E-state index contributed by atoms with van der Waals surface area (Å²) in [7, 11) is 0. The minimum atomic E-state index is -5.24. The van der Waals surface area contributed by atoms with Crippen LogP contribution in [0, 0.1) is 0 Å². The van der Waals surface area contributed by atoms with Crippen LogP contribution in [0.4, 0.5) is 18.0 Å². The molecule has 7 nitrogen and oxygen atoms in total. The quantitative estimate of drug-likeness (QED) is 0.558. The van der Waals surface area contributed by atoms with Gasteiger partial charge in [-0.25, -0.2) is 9.59 Å². The Morgan fingerprint density at radius 2 is 1.51 bits per heavy atom. The Morgan fingerprint density at radius 1 is 1.00 bits per heavy atom. The third-order valence-corrected chi connectivity index (χ3v) is 6.93. The number of fused-ring (bicyclic) bond motifs is 3. The molecule has 10 heteroatoms. The minimum absolute atomic E-state index is 0.0348. The van der Waals surface area contributed by atoms with Gasteiger partial charge in [-0.1, -0.05) is 61.4 Å². The average molecular weight is 490 g/mol. The van der Waals surface area contributed by atoms with E-state index >= 15 is 0 Å². The van der Waals surface area contributed by atoms with Crippen LogP contribution in [0.5, 0.6) is 0 Å². The highest BCUT2D eigenvalue weighted by Gasteiger charge is 2.60. The second-order valence-corrected chi connectivity index (χ2v) is 9.12. The molecule has 2 aromatic rings. The van der Waals surface area contributed by atoms with Gasteiger partial charge in [-0.05, 0) is 42.0 Å². The van der Waals surface area contributed by atoms with Crippen LogP contribution in [0.2, 0.25) is 0 Å². The Hall–Kier alpha value is -3.56. The van der Waals surface area contributed by atoms with Crippen LogP contribution >= 0.6 is 0 Å². The van der Waals surface area contributed by atoms with Gasteiger partial charge in [0.05, 0.1) is 0 Å². The topological polar surface area (TPSA) is 105 Å². The molecule has 1 fully saturated rings. The van der Waals surface area contributed by atoms with Gasteiger partial charge in [-0.15, -0.1) is 0 Å². The number of halogens is 3. The van der Waals surface area contributed by atoms with Crippen molar-refractivity contribution in [1.29, 1.82) is 0 Å². The zero-order valence-electron chi connectivity index (χ0n) is 18.9. The first-order chi connectivity index (χ1) is 16.5. The molecule has 1 unspecified atom stereocenters. The zero-order valence-corrected chi connectivity index (χ0v) is 18.9. The van der Waals surface area contributed by atoms with Gasteiger partial charge >= 0.3 is 18.2 Å². The summed E-state index contributed by atoms with van der Waals surface area (Å²) in [6.45, 7) is 0.343. The summed E-state index contributed by atoms with van der Waals surface area (Å²) in [5.74, 6) is -3.68. The molecule has 0 bridgehead atoms. The number of rotatable bonds is 6. The highest BCUT2D eigenvalue weighted by molar-refractivity contribution is 5.94. The van der Waals surface area contributed by atoms with Gasteiger partial charge in [0.25, 0.3) is 0 Å². The molecule has 0 saturated heterocycles. The summed E-state index contributed by atoms with van der Waals surface area (Å²) < 4.78 is 45.7. The lowest BCUT2D eigenvalue weighted by Crippen LogP contribution is -2.68. The molecule has 2 aromatic carbocycles. The maximum atomic E-state index is 13.4. The number of hydrogen-bond acceptors (Lipinski definition) is 4. The third-order valence-electron chi connectivity index (χ3n) is 6.93. The number of carboxylic acids is 1. The van der Waals surface area contributed by atoms with Crippen molar-refractivity contribution in [3.8, 4) is 11.1 Å². The SMILES string of the molecule is CC(NC(=O)C1(NC(=O)OCC2c3ccccc3-c3ccccc32)CCCC1)(C(=O)O)C(F)(F)F. The molecule has 0 aromatic heterocycles. The molecular formula is C25H25F3N2O5. The van der Waals surface area contributed by atoms with E-state index in [-0.39, 0.29) is 25.4 Å². The van der Waals surface area contributed by atoms with E-state index in [1.54, 1.807) is 5.32 Å². The van der Waals surface area contributed by atoms with E-state index in [0.29, 0.717) is 19.8 Å². The van der Waals surface area contributed by atoms with Crippen LogP contribution in [0.15, 0.2) is 48.5 Å². The number of carbonyl (C=O) groups excluding carboxylic acids is 2. The Balaban J connectivity index is 1.49. The number of carbonyl (C=O) groups is 3. The first-order valence-corrected chi connectivity index (χ1v) is 11.2. The Morgan fingerprint density at radius 3 is 2.00 bits per heavy atom. The van der Waals surface area contributed by atoms with Crippen LogP contribution in [0.1, 0.15) is 49.7 Å². The number of alkyl halides is 3. The largest absolute Gasteiger partial charge is 0.479 e. The van der Waals surface area contributed by atoms with Crippen LogP contribution in [-0.4, -0.2) is 46.9 Å². The minimum Gasteiger partial charge on any atom is -0.479 e. The molecule has 0 aliphatic heterocycles. The Bertz CT molecular complexity index is 1110. The third kappa shape index (κ3) is 4.33. The normalized spacial score (nSPS) is 18.2. The summed E-state index contributed by atoms with van der Waals surface area (Å²) >= 11 is 0. The molecule has 2 aliphatic carbocycles. The molecule has 4 rings (SSSR count). The maximum Gasteiger partial charge on any atom is 0.422 e. The van der Waals surface area contributed by atoms with E-state index in [4.69, 9.17) is 9.84 Å². The lowest BCUT2D eigenvalue weighted by Gasteiger charge is -2.35. The van der Waals surface area contributed by atoms with Gasteiger partial charge < -0.3 is 20.5 Å². The van der Waals surface area contributed by atoms with Crippen molar-refractivity contribution in [3.05, 3.63) is 59.7 Å². The predicted molar refractivity (Wildman–Crippen MR) is 120 cm³/mol. The molecule has 1 saturated carbocycles. The van der Waals surface area contributed by atoms with Crippen LogP contribution in [0.3, 0.4) is 0 Å². The molecule has 0 spiro atoms. The molecule has 2 amide bonds. The van der Waals surface area contributed by atoms with Crippen molar-refractivity contribution in [2.24, 2.45) is 0 Å². The predicted octanol–water partition coefficient (Wildman–Crippen LogP) is 4.36. The fourth-order valence-electron chi connectivity index (χ4n) is 4.81. The molecule has 0 heterocycles. The van der Waals surface area contributed by atoms with E-state index in [9.17, 15) is 27.6 Å². The van der Waals surface area contributed by atoms with Crippen molar-refractivity contribution < 1.29 is 37.4 Å². The Labute approximate surface area is 199 Å². The second kappa shape index (κ2) is 8.90. The van der Waals surface area contributed by atoms with Crippen molar-refractivity contribution in [1.82, 2.24) is 10.6 Å². The van der Waals surface area contributed by atoms with E-state index in [0.717, 1.165) is 22.3 Å². The lowest BCUT2D eigenvalue weighted by molar-refractivity contribution is -0.207. The number of aliphatic carboxylic acids is 1. The van der Waals surface area contributed by atoms with Crippen molar-refractivity contribution in [2.75, 3.05) is 6.61 Å². The zero-order chi connectivity index (χ0) is 25.4. The number of benzene rings is 2. The van der Waals surface area contributed by atoms with Crippen molar-refractivity contribution in [3.63, 3.8) is 0 Å². The van der Waals surface area contributed by atoms with Crippen LogP contribution in [-0.2, 0) is 14.3 Å². The smallest absolute Gasteiger partial charge is 0.422 e. The molecular weight excluding hydrogens is 465 g/mol. The highest BCUT2D eigenvalue weighted by atomic mass is 19.4. The maximum absolute atomic E-state index is 13.4. The molecule has 1 atom stereocenters. The van der Waals surface area contributed by atoms with Gasteiger partial charge in [0, 0.05) is 5.92 Å². The number of hydrogen-bond donors (Lipinski definition) is 3. The van der Waals surface area contributed by atoms with E-state index < -0.39 is 35.2 Å². The molecule has 2 aliphatic rings. The van der Waals surface area contributed by atoms with Gasteiger partial charge in [0.15, 0.2) is 0 Å².